The van der Waals surface area contributed by atoms with E-state index < -0.39 is 0 Å². The SMILES string of the molecule is CN1CCN(C(=O)Cc2csc(-c3ccccc3Cl)n2)Cc2ccccc21. The summed E-state index contributed by atoms with van der Waals surface area (Å²) in [5, 5.41) is 3.48. The summed E-state index contributed by atoms with van der Waals surface area (Å²) >= 11 is 7.79. The maximum absolute atomic E-state index is 12.9. The molecule has 3 aromatic rings. The van der Waals surface area contributed by atoms with Gasteiger partial charge in [0.15, 0.2) is 0 Å². The second-order valence-electron chi connectivity index (χ2n) is 6.67. The number of hydrogen-bond donors (Lipinski definition) is 0. The molecule has 2 heterocycles. The largest absolute Gasteiger partial charge is 0.373 e. The first-order valence-electron chi connectivity index (χ1n) is 8.88. The van der Waals surface area contributed by atoms with Crippen molar-refractivity contribution in [1.29, 1.82) is 0 Å². The summed E-state index contributed by atoms with van der Waals surface area (Å²) < 4.78 is 0. The Morgan fingerprint density at radius 3 is 2.78 bits per heavy atom. The van der Waals surface area contributed by atoms with Crippen molar-refractivity contribution in [3.05, 3.63) is 70.2 Å². The van der Waals surface area contributed by atoms with Gasteiger partial charge in [-0.2, -0.15) is 0 Å². The van der Waals surface area contributed by atoms with E-state index in [1.165, 1.54) is 22.6 Å². The molecule has 6 heteroatoms. The van der Waals surface area contributed by atoms with Crippen LogP contribution in [0.2, 0.25) is 5.02 Å². The normalized spacial score (nSPS) is 14.0. The van der Waals surface area contributed by atoms with Crippen molar-refractivity contribution >= 4 is 34.5 Å². The van der Waals surface area contributed by atoms with E-state index in [0.29, 0.717) is 24.5 Å². The van der Waals surface area contributed by atoms with Crippen molar-refractivity contribution in [3.63, 3.8) is 0 Å². The Bertz CT molecular complexity index is 971. The molecule has 4 rings (SSSR count). The van der Waals surface area contributed by atoms with Crippen LogP contribution in [0, 0.1) is 0 Å². The van der Waals surface area contributed by atoms with Gasteiger partial charge in [-0.3, -0.25) is 4.79 Å². The van der Waals surface area contributed by atoms with Crippen LogP contribution >= 0.6 is 22.9 Å². The summed E-state index contributed by atoms with van der Waals surface area (Å²) in [5.41, 5.74) is 4.09. The summed E-state index contributed by atoms with van der Waals surface area (Å²) in [6.07, 6.45) is 0.312. The quantitative estimate of drug-likeness (QED) is 0.653. The standard InChI is InChI=1S/C21H20ClN3OS/c1-24-10-11-25(13-15-6-2-5-9-19(15)24)20(26)12-16-14-27-21(23-16)17-7-3-4-8-18(17)22/h2-9,14H,10-13H2,1H3. The molecule has 0 atom stereocenters. The zero-order valence-electron chi connectivity index (χ0n) is 15.1. The number of benzene rings is 2. The van der Waals surface area contributed by atoms with Crippen molar-refractivity contribution in [2.45, 2.75) is 13.0 Å². The number of halogens is 1. The highest BCUT2D eigenvalue weighted by Crippen LogP contribution is 2.30. The molecule has 27 heavy (non-hydrogen) atoms. The molecule has 0 saturated heterocycles. The number of nitrogens with zero attached hydrogens (tertiary/aromatic N) is 3. The summed E-state index contributed by atoms with van der Waals surface area (Å²) in [4.78, 5) is 21.7. The van der Waals surface area contributed by atoms with Gasteiger partial charge in [-0.25, -0.2) is 4.98 Å². The number of anilines is 1. The molecule has 1 aromatic heterocycles. The van der Waals surface area contributed by atoms with E-state index in [9.17, 15) is 4.79 Å². The summed E-state index contributed by atoms with van der Waals surface area (Å²) in [5.74, 6) is 0.108. The average Bonchev–Trinajstić information content (AvgIpc) is 3.06. The van der Waals surface area contributed by atoms with E-state index in [-0.39, 0.29) is 5.91 Å². The second-order valence-corrected chi connectivity index (χ2v) is 7.93. The van der Waals surface area contributed by atoms with Gasteiger partial charge in [-0.1, -0.05) is 48.0 Å². The molecule has 138 valence electrons. The molecule has 1 aliphatic rings. The second kappa shape index (κ2) is 7.71. The van der Waals surface area contributed by atoms with Crippen LogP contribution in [0.1, 0.15) is 11.3 Å². The molecular weight excluding hydrogens is 378 g/mol. The summed E-state index contributed by atoms with van der Waals surface area (Å²) in [6, 6.07) is 15.9. The van der Waals surface area contributed by atoms with Gasteiger partial charge in [0.05, 0.1) is 17.1 Å². The molecule has 0 saturated carbocycles. The molecule has 0 radical (unpaired) electrons. The predicted octanol–water partition coefficient (Wildman–Crippen LogP) is 4.48. The number of aromatic nitrogens is 1. The lowest BCUT2D eigenvalue weighted by molar-refractivity contribution is -0.130. The summed E-state index contributed by atoms with van der Waals surface area (Å²) in [7, 11) is 2.07. The minimum atomic E-state index is 0.108. The molecule has 0 unspecified atom stereocenters. The van der Waals surface area contributed by atoms with Gasteiger partial charge < -0.3 is 9.80 Å². The Hall–Kier alpha value is -2.37. The van der Waals surface area contributed by atoms with Crippen molar-refractivity contribution in [1.82, 2.24) is 9.88 Å². The molecule has 1 amide bonds. The number of thiazole rings is 1. The first-order valence-corrected chi connectivity index (χ1v) is 10.1. The monoisotopic (exact) mass is 397 g/mol. The van der Waals surface area contributed by atoms with Crippen LogP contribution < -0.4 is 4.90 Å². The minimum Gasteiger partial charge on any atom is -0.373 e. The van der Waals surface area contributed by atoms with Gasteiger partial charge in [-0.05, 0) is 17.7 Å². The molecule has 1 aliphatic heterocycles. The van der Waals surface area contributed by atoms with Crippen LogP contribution in [-0.4, -0.2) is 35.9 Å². The fourth-order valence-electron chi connectivity index (χ4n) is 3.32. The van der Waals surface area contributed by atoms with Crippen LogP contribution in [0.15, 0.2) is 53.9 Å². The zero-order chi connectivity index (χ0) is 18.8. The topological polar surface area (TPSA) is 36.4 Å². The fraction of sp³-hybridized carbons (Fsp3) is 0.238. The van der Waals surface area contributed by atoms with Crippen LogP contribution in [0.4, 0.5) is 5.69 Å². The molecule has 2 aromatic carbocycles. The number of hydrogen-bond acceptors (Lipinski definition) is 4. The Morgan fingerprint density at radius 1 is 1.15 bits per heavy atom. The van der Waals surface area contributed by atoms with Gasteiger partial charge in [0.1, 0.15) is 5.01 Å². The third-order valence-electron chi connectivity index (χ3n) is 4.81. The van der Waals surface area contributed by atoms with E-state index in [0.717, 1.165) is 22.8 Å². The molecule has 4 nitrogen and oxygen atoms in total. The highest BCUT2D eigenvalue weighted by Gasteiger charge is 2.22. The Balaban J connectivity index is 1.49. The third-order valence-corrected chi connectivity index (χ3v) is 6.06. The minimum absolute atomic E-state index is 0.108. The van der Waals surface area contributed by atoms with Crippen molar-refractivity contribution in [2.24, 2.45) is 0 Å². The lowest BCUT2D eigenvalue weighted by Crippen LogP contribution is -2.35. The Kier molecular flexibility index (Phi) is 5.14. The maximum Gasteiger partial charge on any atom is 0.228 e. The van der Waals surface area contributed by atoms with E-state index in [1.807, 2.05) is 46.7 Å². The first-order chi connectivity index (χ1) is 13.1. The van der Waals surface area contributed by atoms with E-state index in [2.05, 4.69) is 29.1 Å². The van der Waals surface area contributed by atoms with Crippen LogP contribution in [0.25, 0.3) is 10.6 Å². The Morgan fingerprint density at radius 2 is 1.93 bits per heavy atom. The third kappa shape index (κ3) is 3.84. The number of likely N-dealkylation sites (N-methyl/N-ethyl adjacent to an activating group) is 1. The van der Waals surface area contributed by atoms with Crippen LogP contribution in [0.5, 0.6) is 0 Å². The number of carbonyl (C=O) groups is 1. The molecule has 0 bridgehead atoms. The smallest absolute Gasteiger partial charge is 0.228 e. The van der Waals surface area contributed by atoms with Gasteiger partial charge >= 0.3 is 0 Å². The van der Waals surface area contributed by atoms with Gasteiger partial charge in [0.2, 0.25) is 5.91 Å². The number of carbonyl (C=O) groups excluding carboxylic acids is 1. The zero-order valence-corrected chi connectivity index (χ0v) is 16.6. The molecule has 0 fully saturated rings. The Labute approximate surface area is 168 Å². The molecular formula is C21H20ClN3OS. The highest BCUT2D eigenvalue weighted by molar-refractivity contribution is 7.13. The van der Waals surface area contributed by atoms with Crippen LogP contribution in [0.3, 0.4) is 0 Å². The van der Waals surface area contributed by atoms with Gasteiger partial charge in [0.25, 0.3) is 0 Å². The molecule has 0 spiro atoms. The number of rotatable bonds is 3. The number of para-hydroxylation sites is 1. The van der Waals surface area contributed by atoms with E-state index in [4.69, 9.17) is 11.6 Å². The van der Waals surface area contributed by atoms with Crippen LogP contribution in [-0.2, 0) is 17.8 Å². The number of fused-ring (bicyclic) bond motifs is 1. The average molecular weight is 398 g/mol. The summed E-state index contributed by atoms with van der Waals surface area (Å²) in [6.45, 7) is 2.18. The first kappa shape index (κ1) is 18.0. The van der Waals surface area contributed by atoms with Crippen molar-refractivity contribution in [2.75, 3.05) is 25.0 Å². The van der Waals surface area contributed by atoms with Crippen molar-refractivity contribution < 1.29 is 4.79 Å². The van der Waals surface area contributed by atoms with Crippen molar-refractivity contribution in [3.8, 4) is 10.6 Å². The molecule has 0 N–H and O–H groups in total. The van der Waals surface area contributed by atoms with E-state index >= 15 is 0 Å². The molecule has 0 aliphatic carbocycles. The lowest BCUT2D eigenvalue weighted by atomic mass is 10.1. The van der Waals surface area contributed by atoms with Gasteiger partial charge in [-0.15, -0.1) is 11.3 Å². The highest BCUT2D eigenvalue weighted by atomic mass is 35.5. The lowest BCUT2D eigenvalue weighted by Gasteiger charge is -2.20. The fourth-order valence-corrected chi connectivity index (χ4v) is 4.46. The maximum atomic E-state index is 12.9. The van der Waals surface area contributed by atoms with Gasteiger partial charge in [0, 0.05) is 43.3 Å². The van der Waals surface area contributed by atoms with E-state index in [1.54, 1.807) is 0 Å². The predicted molar refractivity (Wildman–Crippen MR) is 111 cm³/mol. The number of amides is 1.